The molecule has 3 rings (SSSR count). The molecule has 2 bridgehead atoms. The van der Waals surface area contributed by atoms with Crippen LogP contribution >= 0.6 is 0 Å². The first kappa shape index (κ1) is 17.6. The van der Waals surface area contributed by atoms with Crippen molar-refractivity contribution in [1.29, 1.82) is 0 Å². The van der Waals surface area contributed by atoms with E-state index in [9.17, 15) is 0 Å². The molecule has 0 N–H and O–H groups in total. The van der Waals surface area contributed by atoms with Crippen molar-refractivity contribution in [3.05, 3.63) is 38.0 Å². The third-order valence-corrected chi connectivity index (χ3v) is 6.24. The van der Waals surface area contributed by atoms with E-state index in [1.165, 1.54) is 57.5 Å². The lowest BCUT2D eigenvalue weighted by Gasteiger charge is -2.39. The van der Waals surface area contributed by atoms with E-state index in [2.05, 4.69) is 38.0 Å². The van der Waals surface area contributed by atoms with Crippen LogP contribution in [0.4, 0.5) is 0 Å². The van der Waals surface area contributed by atoms with Gasteiger partial charge in [0.15, 0.2) is 0 Å². The zero-order chi connectivity index (χ0) is 15.8. The van der Waals surface area contributed by atoms with E-state index in [1.54, 1.807) is 0 Å². The highest BCUT2D eigenvalue weighted by atomic mass is 14.3. The first-order chi connectivity index (χ1) is 10.7. The molecule has 0 amide bonds. The van der Waals surface area contributed by atoms with Gasteiger partial charge in [-0.2, -0.15) is 0 Å². The largest absolute Gasteiger partial charge is 0.141 e. The lowest BCUT2D eigenvalue weighted by molar-refractivity contribution is 0.310. The van der Waals surface area contributed by atoms with E-state index >= 15 is 0 Å². The predicted molar refractivity (Wildman–Crippen MR) is 102 cm³/mol. The summed E-state index contributed by atoms with van der Waals surface area (Å²) in [5.41, 5.74) is 0.337. The van der Waals surface area contributed by atoms with Crippen LogP contribution in [0.15, 0.2) is 38.0 Å². The summed E-state index contributed by atoms with van der Waals surface area (Å²) in [4.78, 5) is 0. The topological polar surface area (TPSA) is 0 Å². The van der Waals surface area contributed by atoms with Crippen LogP contribution < -0.4 is 0 Å². The Morgan fingerprint density at radius 2 is 1.18 bits per heavy atom. The van der Waals surface area contributed by atoms with E-state index in [0.717, 1.165) is 37.8 Å². The van der Waals surface area contributed by atoms with Crippen LogP contribution in [0.1, 0.15) is 57.8 Å². The van der Waals surface area contributed by atoms with Gasteiger partial charge in [0.25, 0.3) is 0 Å². The maximum absolute atomic E-state index is 4.03. The van der Waals surface area contributed by atoms with Gasteiger partial charge < -0.3 is 0 Å². The lowest BCUT2D eigenvalue weighted by atomic mass is 9.33. The second-order valence-electron chi connectivity index (χ2n) is 8.11. The summed E-state index contributed by atoms with van der Waals surface area (Å²) >= 11 is 0. The molecule has 0 aromatic rings. The Balaban J connectivity index is 2.10. The minimum Gasteiger partial charge on any atom is -0.103 e. The van der Waals surface area contributed by atoms with Crippen LogP contribution in [0.3, 0.4) is 0 Å². The van der Waals surface area contributed by atoms with Crippen LogP contribution in [-0.4, -0.2) is 6.71 Å². The van der Waals surface area contributed by atoms with Gasteiger partial charge in [-0.1, -0.05) is 75.7 Å². The number of hydrogen-bond donors (Lipinski definition) is 0. The summed E-state index contributed by atoms with van der Waals surface area (Å²) < 4.78 is 0. The van der Waals surface area contributed by atoms with Crippen LogP contribution in [0.25, 0.3) is 0 Å². The Hall–Kier alpha value is -0.715. The molecule has 122 valence electrons. The van der Waals surface area contributed by atoms with E-state index in [-0.39, 0.29) is 0 Å². The summed E-state index contributed by atoms with van der Waals surface area (Å²) in [5, 5.41) is 0. The number of allylic oxidation sites excluding steroid dienone is 3. The van der Waals surface area contributed by atoms with Gasteiger partial charge in [-0.3, -0.25) is 0 Å². The summed E-state index contributed by atoms with van der Waals surface area (Å²) in [6.07, 6.45) is 22.9. The third kappa shape index (κ3) is 4.90. The maximum atomic E-state index is 4.03. The molecule has 0 radical (unpaired) electrons. The molecule has 3 fully saturated rings. The van der Waals surface area contributed by atoms with Crippen molar-refractivity contribution in [1.82, 2.24) is 0 Å². The van der Waals surface area contributed by atoms with Gasteiger partial charge in [0, 0.05) is 0 Å². The van der Waals surface area contributed by atoms with Crippen molar-refractivity contribution in [3.63, 3.8) is 0 Å². The molecular weight excluding hydrogens is 263 g/mol. The summed E-state index contributed by atoms with van der Waals surface area (Å²) in [5.74, 6) is 2.00. The summed E-state index contributed by atoms with van der Waals surface area (Å²) in [6, 6.07) is 0. The molecule has 0 atom stereocenters. The fraction of sp³-hybridized carbons (Fsp3) is 0.714. The van der Waals surface area contributed by atoms with Crippen molar-refractivity contribution in [2.45, 2.75) is 76.7 Å². The second-order valence-corrected chi connectivity index (χ2v) is 8.11. The normalized spacial score (nSPS) is 25.9. The Labute approximate surface area is 139 Å². The molecule has 3 aliphatic rings. The minimum absolute atomic E-state index is 0.337. The standard InChI is InChI=1S/C21H35B/c1-4-13-21(14-5-2,15-6-3)18-22-16-19-9-7-10-20(17-22)12-8-11-19/h4-6,19-20H,1-3,7-18H2. The molecule has 2 heterocycles. The molecular formula is C21H35B. The average Bonchev–Trinajstić information content (AvgIpc) is 2.40. The van der Waals surface area contributed by atoms with Gasteiger partial charge >= 0.3 is 0 Å². The number of hydrogen-bond acceptors (Lipinski definition) is 0. The number of rotatable bonds is 8. The quantitative estimate of drug-likeness (QED) is 0.341. The maximum Gasteiger partial charge on any atom is 0.141 e. The third-order valence-electron chi connectivity index (χ3n) is 6.24. The summed E-state index contributed by atoms with van der Waals surface area (Å²) in [6.45, 7) is 13.0. The Morgan fingerprint density at radius 3 is 1.55 bits per heavy atom. The fourth-order valence-corrected chi connectivity index (χ4v) is 5.39. The van der Waals surface area contributed by atoms with Crippen molar-refractivity contribution >= 4 is 6.71 Å². The molecule has 0 spiro atoms. The number of fused-ring (bicyclic) bond motifs is 6. The first-order valence-corrected chi connectivity index (χ1v) is 9.54. The second kappa shape index (κ2) is 8.80. The van der Waals surface area contributed by atoms with Crippen LogP contribution in [-0.2, 0) is 0 Å². The molecule has 0 aromatic carbocycles. The molecule has 0 nitrogen and oxygen atoms in total. The van der Waals surface area contributed by atoms with Crippen molar-refractivity contribution in [2.75, 3.05) is 0 Å². The van der Waals surface area contributed by atoms with Crippen LogP contribution in [0.5, 0.6) is 0 Å². The molecule has 0 aromatic heterocycles. The van der Waals surface area contributed by atoms with Gasteiger partial charge in [0.2, 0.25) is 0 Å². The zero-order valence-electron chi connectivity index (χ0n) is 14.6. The highest BCUT2D eigenvalue weighted by molar-refractivity contribution is 6.59. The van der Waals surface area contributed by atoms with E-state index < -0.39 is 0 Å². The fourth-order valence-electron chi connectivity index (χ4n) is 5.39. The van der Waals surface area contributed by atoms with Gasteiger partial charge in [0.1, 0.15) is 6.71 Å². The molecule has 22 heavy (non-hydrogen) atoms. The van der Waals surface area contributed by atoms with Gasteiger partial charge in [-0.05, 0) is 36.5 Å². The van der Waals surface area contributed by atoms with Crippen molar-refractivity contribution in [3.8, 4) is 0 Å². The van der Waals surface area contributed by atoms with Crippen LogP contribution in [0, 0.1) is 17.3 Å². The molecule has 1 saturated carbocycles. The van der Waals surface area contributed by atoms with Gasteiger partial charge in [0.05, 0.1) is 0 Å². The van der Waals surface area contributed by atoms with Gasteiger partial charge in [-0.25, -0.2) is 0 Å². The molecule has 2 aliphatic heterocycles. The zero-order valence-corrected chi connectivity index (χ0v) is 14.6. The predicted octanol–water partition coefficient (Wildman–Crippen LogP) is 6.80. The Morgan fingerprint density at radius 1 is 0.773 bits per heavy atom. The van der Waals surface area contributed by atoms with Gasteiger partial charge in [-0.15, -0.1) is 19.7 Å². The highest BCUT2D eigenvalue weighted by Gasteiger charge is 2.35. The minimum atomic E-state index is 0.337. The monoisotopic (exact) mass is 298 g/mol. The highest BCUT2D eigenvalue weighted by Crippen LogP contribution is 2.44. The SMILES string of the molecule is C=CCC(CC=C)(CC=C)CB1CC2CCCC(CCC2)C1. The van der Waals surface area contributed by atoms with E-state index in [4.69, 9.17) is 0 Å². The van der Waals surface area contributed by atoms with E-state index in [0.29, 0.717) is 5.41 Å². The smallest absolute Gasteiger partial charge is 0.103 e. The molecule has 1 heteroatoms. The molecule has 2 saturated heterocycles. The Bertz CT molecular complexity index is 320. The van der Waals surface area contributed by atoms with Crippen molar-refractivity contribution in [2.24, 2.45) is 17.3 Å². The first-order valence-electron chi connectivity index (χ1n) is 9.54. The van der Waals surface area contributed by atoms with Crippen molar-refractivity contribution < 1.29 is 0 Å². The van der Waals surface area contributed by atoms with E-state index in [1.807, 2.05) is 0 Å². The molecule has 0 unspecified atom stereocenters. The molecule has 1 aliphatic carbocycles. The Kier molecular flexibility index (Phi) is 7.05. The average molecular weight is 298 g/mol. The van der Waals surface area contributed by atoms with Crippen LogP contribution in [0.2, 0.25) is 19.0 Å². The lowest BCUT2D eigenvalue weighted by Crippen LogP contribution is -2.32. The summed E-state index contributed by atoms with van der Waals surface area (Å²) in [7, 11) is 0.